The van der Waals surface area contributed by atoms with Gasteiger partial charge in [0.05, 0.1) is 14.2 Å². The molecule has 0 saturated carbocycles. The molecule has 2 aromatic rings. The van der Waals surface area contributed by atoms with Gasteiger partial charge in [-0.05, 0) is 30.9 Å². The fourth-order valence-corrected chi connectivity index (χ4v) is 4.95. The van der Waals surface area contributed by atoms with Crippen molar-refractivity contribution in [1.29, 1.82) is 0 Å². The molecule has 0 spiro atoms. The van der Waals surface area contributed by atoms with Gasteiger partial charge in [0, 0.05) is 26.0 Å². The third-order valence-electron chi connectivity index (χ3n) is 3.50. The molecule has 2 rings (SSSR count). The molecule has 0 N–H and O–H groups in total. The van der Waals surface area contributed by atoms with Crippen molar-refractivity contribution in [3.05, 3.63) is 48.5 Å². The molecule has 126 valence electrons. The number of hydrogen-bond donors (Lipinski definition) is 0. The monoisotopic (exact) mass is 333 g/mol. The van der Waals surface area contributed by atoms with Crippen molar-refractivity contribution in [3.8, 4) is 11.5 Å². The van der Waals surface area contributed by atoms with Gasteiger partial charge in [-0.25, -0.2) is 0 Å². The summed E-state index contributed by atoms with van der Waals surface area (Å²) in [7, 11) is 4.97. The number of ether oxygens (including phenoxy) is 2. The molecule has 0 aliphatic heterocycles. The van der Waals surface area contributed by atoms with Gasteiger partial charge in [-0.15, -0.1) is 0 Å². The Hall–Kier alpha value is -1.57. The van der Waals surface area contributed by atoms with E-state index in [9.17, 15) is 0 Å². The minimum atomic E-state index is -0.609. The maximum absolute atomic E-state index is 5.63. The van der Waals surface area contributed by atoms with Gasteiger partial charge in [0.15, 0.2) is 0 Å². The zero-order valence-electron chi connectivity index (χ0n) is 13.7. The zero-order chi connectivity index (χ0) is 15.9. The van der Waals surface area contributed by atoms with E-state index < -0.39 is 8.07 Å². The standard InChI is InChI=1S/C18H24NO2P.CH4/c1-5-13-19(2)22(16-9-7-6-8-10-16)18-12-11-15(20-3)14-17(18)21-4;/h6-12,14H,5,13H2,1-4H3;1H4. The minimum absolute atomic E-state index is 0. The number of rotatable bonds is 7. The van der Waals surface area contributed by atoms with Crippen LogP contribution in [0.3, 0.4) is 0 Å². The Labute approximate surface area is 142 Å². The van der Waals surface area contributed by atoms with Crippen LogP contribution in [0.4, 0.5) is 0 Å². The van der Waals surface area contributed by atoms with Gasteiger partial charge in [0.1, 0.15) is 11.5 Å². The second-order valence-electron chi connectivity index (χ2n) is 5.07. The van der Waals surface area contributed by atoms with Crippen LogP contribution in [0.2, 0.25) is 0 Å². The van der Waals surface area contributed by atoms with E-state index in [1.54, 1.807) is 14.2 Å². The predicted octanol–water partition coefficient (Wildman–Crippen LogP) is 4.03. The second-order valence-corrected chi connectivity index (χ2v) is 7.37. The summed E-state index contributed by atoms with van der Waals surface area (Å²) in [6, 6.07) is 16.7. The highest BCUT2D eigenvalue weighted by atomic mass is 31.1. The van der Waals surface area contributed by atoms with Crippen LogP contribution in [-0.4, -0.2) is 32.5 Å². The number of methoxy groups -OCH3 is 2. The first-order valence-corrected chi connectivity index (χ1v) is 8.79. The van der Waals surface area contributed by atoms with Crippen LogP contribution in [0.25, 0.3) is 0 Å². The Kier molecular flexibility index (Phi) is 8.08. The van der Waals surface area contributed by atoms with Crippen LogP contribution in [0, 0.1) is 0 Å². The maximum atomic E-state index is 5.63. The summed E-state index contributed by atoms with van der Waals surface area (Å²) in [5, 5.41) is 2.55. The van der Waals surface area contributed by atoms with Crippen LogP contribution in [0.1, 0.15) is 20.8 Å². The van der Waals surface area contributed by atoms with Crippen molar-refractivity contribution in [2.45, 2.75) is 20.8 Å². The molecule has 1 unspecified atom stereocenters. The summed E-state index contributed by atoms with van der Waals surface area (Å²) >= 11 is 0. The fraction of sp³-hybridized carbons (Fsp3) is 0.368. The Morgan fingerprint density at radius 3 is 2.26 bits per heavy atom. The highest BCUT2D eigenvalue weighted by molar-refractivity contribution is 7.71. The molecule has 0 aromatic heterocycles. The van der Waals surface area contributed by atoms with Gasteiger partial charge in [-0.2, -0.15) is 0 Å². The van der Waals surface area contributed by atoms with Crippen molar-refractivity contribution in [1.82, 2.24) is 4.67 Å². The molecule has 0 amide bonds. The highest BCUT2D eigenvalue weighted by Crippen LogP contribution is 2.41. The van der Waals surface area contributed by atoms with Crippen LogP contribution in [0.5, 0.6) is 11.5 Å². The highest BCUT2D eigenvalue weighted by Gasteiger charge is 2.22. The van der Waals surface area contributed by atoms with Gasteiger partial charge >= 0.3 is 0 Å². The summed E-state index contributed by atoms with van der Waals surface area (Å²) < 4.78 is 13.4. The molecular weight excluding hydrogens is 305 g/mol. The van der Waals surface area contributed by atoms with Crippen LogP contribution in [-0.2, 0) is 0 Å². The molecule has 4 heteroatoms. The second kappa shape index (κ2) is 9.54. The lowest BCUT2D eigenvalue weighted by atomic mass is 10.3. The van der Waals surface area contributed by atoms with Crippen LogP contribution in [0.15, 0.2) is 48.5 Å². The predicted molar refractivity (Wildman–Crippen MR) is 102 cm³/mol. The van der Waals surface area contributed by atoms with Crippen LogP contribution < -0.4 is 20.1 Å². The SMILES string of the molecule is C.CCCN(C)P(c1ccccc1)c1ccc(OC)cc1OC. The van der Waals surface area contributed by atoms with Gasteiger partial charge in [-0.1, -0.05) is 44.7 Å². The first-order valence-electron chi connectivity index (χ1n) is 7.49. The molecule has 3 nitrogen and oxygen atoms in total. The summed E-state index contributed by atoms with van der Waals surface area (Å²) in [5.74, 6) is 1.71. The molecule has 0 aliphatic rings. The first kappa shape index (κ1) is 19.5. The van der Waals surface area contributed by atoms with Gasteiger partial charge in [0.25, 0.3) is 0 Å². The summed E-state index contributed by atoms with van der Waals surface area (Å²) in [6.45, 7) is 3.26. The maximum Gasteiger partial charge on any atom is 0.131 e. The van der Waals surface area contributed by atoms with E-state index in [2.05, 4.69) is 55.0 Å². The molecule has 0 saturated heterocycles. The Bertz CT molecular complexity index is 589. The van der Waals surface area contributed by atoms with Crippen LogP contribution >= 0.6 is 8.07 Å². The third kappa shape index (κ3) is 4.70. The molecule has 2 aromatic carbocycles. The van der Waals surface area contributed by atoms with Gasteiger partial charge < -0.3 is 9.47 Å². The first-order chi connectivity index (χ1) is 10.7. The lowest BCUT2D eigenvalue weighted by molar-refractivity contribution is 0.396. The Balaban J connectivity index is 0.00000264. The fourth-order valence-electron chi connectivity index (χ4n) is 2.47. The van der Waals surface area contributed by atoms with E-state index in [1.807, 2.05) is 12.1 Å². The zero-order valence-corrected chi connectivity index (χ0v) is 14.6. The molecule has 0 aliphatic carbocycles. The summed E-state index contributed by atoms with van der Waals surface area (Å²) in [4.78, 5) is 0. The number of nitrogens with zero attached hydrogens (tertiary/aromatic N) is 1. The molecule has 1 atom stereocenters. The average Bonchev–Trinajstić information content (AvgIpc) is 2.56. The number of benzene rings is 2. The van der Waals surface area contributed by atoms with E-state index in [0.717, 1.165) is 24.5 Å². The minimum Gasteiger partial charge on any atom is -0.497 e. The average molecular weight is 333 g/mol. The molecule has 0 radical (unpaired) electrons. The van der Waals surface area contributed by atoms with Gasteiger partial charge in [0.2, 0.25) is 0 Å². The van der Waals surface area contributed by atoms with E-state index in [0.29, 0.717) is 0 Å². The molecule has 0 bridgehead atoms. The molecule has 23 heavy (non-hydrogen) atoms. The lowest BCUT2D eigenvalue weighted by Crippen LogP contribution is -2.27. The van der Waals surface area contributed by atoms with Crippen molar-refractivity contribution in [3.63, 3.8) is 0 Å². The normalized spacial score (nSPS) is 11.7. The van der Waals surface area contributed by atoms with Crippen molar-refractivity contribution in [2.75, 3.05) is 27.8 Å². The smallest absolute Gasteiger partial charge is 0.131 e. The summed E-state index contributed by atoms with van der Waals surface area (Å²) in [6.07, 6.45) is 1.13. The number of hydrogen-bond acceptors (Lipinski definition) is 3. The van der Waals surface area contributed by atoms with E-state index in [-0.39, 0.29) is 7.43 Å². The van der Waals surface area contributed by atoms with Gasteiger partial charge in [-0.3, -0.25) is 4.67 Å². The lowest BCUT2D eigenvalue weighted by Gasteiger charge is -2.29. The topological polar surface area (TPSA) is 21.7 Å². The quantitative estimate of drug-likeness (QED) is 0.714. The van der Waals surface area contributed by atoms with E-state index in [4.69, 9.17) is 9.47 Å². The van der Waals surface area contributed by atoms with Crippen molar-refractivity contribution < 1.29 is 9.47 Å². The van der Waals surface area contributed by atoms with Crippen molar-refractivity contribution >= 4 is 18.7 Å². The molecule has 0 fully saturated rings. The Morgan fingerprint density at radius 2 is 1.70 bits per heavy atom. The molecular formula is C19H28NO2P. The molecule has 0 heterocycles. The van der Waals surface area contributed by atoms with Crippen molar-refractivity contribution in [2.24, 2.45) is 0 Å². The third-order valence-corrected chi connectivity index (χ3v) is 6.00. The summed E-state index contributed by atoms with van der Waals surface area (Å²) in [5.41, 5.74) is 0. The van der Waals surface area contributed by atoms with E-state index in [1.165, 1.54) is 10.6 Å². The van der Waals surface area contributed by atoms with E-state index >= 15 is 0 Å². The largest absolute Gasteiger partial charge is 0.497 e. The Morgan fingerprint density at radius 1 is 1.00 bits per heavy atom.